The number of thioether (sulfide) groups is 1. The minimum atomic E-state index is -0.383. The molecule has 1 aliphatic carbocycles. The van der Waals surface area contributed by atoms with Gasteiger partial charge < -0.3 is 11.1 Å². The molecule has 1 fully saturated rings. The van der Waals surface area contributed by atoms with E-state index in [4.69, 9.17) is 10.8 Å². The van der Waals surface area contributed by atoms with Crippen molar-refractivity contribution in [1.82, 2.24) is 14.8 Å². The molecule has 1 aromatic carbocycles. The monoisotopic (exact) mass is 427 g/mol. The molecule has 3 N–H and O–H groups in total. The van der Waals surface area contributed by atoms with Crippen LogP contribution in [0, 0.1) is 6.92 Å². The number of anilines is 1. The van der Waals surface area contributed by atoms with Gasteiger partial charge in [0.05, 0.1) is 29.2 Å². The second-order valence-electron chi connectivity index (χ2n) is 6.94. The first-order chi connectivity index (χ1) is 14.0. The number of primary amides is 1. The lowest BCUT2D eigenvalue weighted by molar-refractivity contribution is -0.117. The van der Waals surface area contributed by atoms with E-state index in [0.717, 1.165) is 39.1 Å². The van der Waals surface area contributed by atoms with Crippen LogP contribution in [0.2, 0.25) is 0 Å². The van der Waals surface area contributed by atoms with Crippen LogP contribution in [0.15, 0.2) is 40.7 Å². The van der Waals surface area contributed by atoms with Gasteiger partial charge in [-0.3, -0.25) is 9.59 Å². The number of para-hydroxylation sites is 1. The number of amides is 2. The zero-order valence-electron chi connectivity index (χ0n) is 15.9. The minimum absolute atomic E-state index is 0.126. The molecule has 3 aromatic rings. The van der Waals surface area contributed by atoms with Crippen molar-refractivity contribution in [1.29, 1.82) is 0 Å². The van der Waals surface area contributed by atoms with Crippen LogP contribution in [0.25, 0.3) is 5.69 Å². The van der Waals surface area contributed by atoms with Gasteiger partial charge in [-0.25, -0.2) is 9.67 Å². The molecular weight excluding hydrogens is 406 g/mol. The summed E-state index contributed by atoms with van der Waals surface area (Å²) >= 11 is 2.76. The summed E-state index contributed by atoms with van der Waals surface area (Å²) in [4.78, 5) is 29.0. The van der Waals surface area contributed by atoms with E-state index in [1.54, 1.807) is 4.68 Å². The molecule has 2 amide bonds. The Hall–Kier alpha value is -2.65. The zero-order chi connectivity index (χ0) is 20.4. The topological polar surface area (TPSA) is 103 Å². The Morgan fingerprint density at radius 1 is 1.31 bits per heavy atom. The average molecular weight is 428 g/mol. The van der Waals surface area contributed by atoms with Gasteiger partial charge in [-0.15, -0.1) is 11.3 Å². The number of nitrogens with zero attached hydrogens (tertiary/aromatic N) is 3. The predicted octanol–water partition coefficient (Wildman–Crippen LogP) is 3.27. The molecular formula is C20H21N5O2S2. The fourth-order valence-corrected chi connectivity index (χ4v) is 4.97. The standard InChI is InChI=1S/C20H21N5O2S2/c1-12-16(10-17(21)26)29-20(22-12)28-11-19(27)23-18-9-15(13-7-8-13)24-25(18)14-5-3-2-4-6-14/h2-6,9,13H,7-8,10-11H2,1H3,(H2,21,26)(H,23,27). The molecule has 2 heterocycles. The molecule has 4 rings (SSSR count). The number of benzene rings is 1. The van der Waals surface area contributed by atoms with Gasteiger partial charge >= 0.3 is 0 Å². The third-order valence-electron chi connectivity index (χ3n) is 4.53. The number of aryl methyl sites for hydroxylation is 1. The Morgan fingerprint density at radius 2 is 2.07 bits per heavy atom. The molecule has 0 unspecified atom stereocenters. The lowest BCUT2D eigenvalue weighted by Crippen LogP contribution is -2.16. The van der Waals surface area contributed by atoms with Crippen molar-refractivity contribution in [2.24, 2.45) is 5.73 Å². The number of thiazole rings is 1. The molecule has 0 saturated heterocycles. The molecule has 9 heteroatoms. The second-order valence-corrected chi connectivity index (χ2v) is 9.25. The fraction of sp³-hybridized carbons (Fsp3) is 0.300. The Morgan fingerprint density at radius 3 is 2.76 bits per heavy atom. The average Bonchev–Trinajstić information content (AvgIpc) is 3.38. The van der Waals surface area contributed by atoms with Crippen molar-refractivity contribution in [3.63, 3.8) is 0 Å². The molecule has 1 aliphatic rings. The van der Waals surface area contributed by atoms with Gasteiger partial charge in [-0.2, -0.15) is 5.10 Å². The summed E-state index contributed by atoms with van der Waals surface area (Å²) < 4.78 is 2.54. The molecule has 0 spiro atoms. The predicted molar refractivity (Wildman–Crippen MR) is 115 cm³/mol. The number of nitrogens with one attached hydrogen (secondary N) is 1. The van der Waals surface area contributed by atoms with Crippen LogP contribution < -0.4 is 11.1 Å². The number of hydrogen-bond donors (Lipinski definition) is 2. The van der Waals surface area contributed by atoms with Crippen LogP contribution in [0.3, 0.4) is 0 Å². The van der Waals surface area contributed by atoms with E-state index in [0.29, 0.717) is 11.7 Å². The Kier molecular flexibility index (Phi) is 5.68. The van der Waals surface area contributed by atoms with Crippen LogP contribution in [0.1, 0.15) is 35.0 Å². The second kappa shape index (κ2) is 8.38. The van der Waals surface area contributed by atoms with Gasteiger partial charge in [0, 0.05) is 16.9 Å². The van der Waals surface area contributed by atoms with Gasteiger partial charge in [-0.1, -0.05) is 30.0 Å². The summed E-state index contributed by atoms with van der Waals surface area (Å²) in [5.41, 5.74) is 7.97. The van der Waals surface area contributed by atoms with E-state index >= 15 is 0 Å². The molecule has 0 aliphatic heterocycles. The summed E-state index contributed by atoms with van der Waals surface area (Å²) in [6.45, 7) is 1.84. The highest BCUT2D eigenvalue weighted by molar-refractivity contribution is 8.01. The van der Waals surface area contributed by atoms with E-state index < -0.39 is 0 Å². The van der Waals surface area contributed by atoms with E-state index in [1.807, 2.05) is 43.3 Å². The number of aromatic nitrogens is 3. The van der Waals surface area contributed by atoms with Crippen molar-refractivity contribution in [3.8, 4) is 5.69 Å². The SMILES string of the molecule is Cc1nc(SCC(=O)Nc2cc(C3CC3)nn2-c2ccccc2)sc1CC(N)=O. The number of nitrogens with two attached hydrogens (primary N) is 1. The third-order valence-corrected chi connectivity index (χ3v) is 6.83. The zero-order valence-corrected chi connectivity index (χ0v) is 17.6. The number of rotatable bonds is 8. The summed E-state index contributed by atoms with van der Waals surface area (Å²) in [5, 5.41) is 7.68. The molecule has 7 nitrogen and oxygen atoms in total. The smallest absolute Gasteiger partial charge is 0.235 e. The van der Waals surface area contributed by atoms with E-state index in [-0.39, 0.29) is 24.0 Å². The van der Waals surface area contributed by atoms with Gasteiger partial charge in [-0.05, 0) is 31.9 Å². The minimum Gasteiger partial charge on any atom is -0.369 e. The van der Waals surface area contributed by atoms with Crippen molar-refractivity contribution >= 4 is 40.7 Å². The first-order valence-electron chi connectivity index (χ1n) is 9.32. The van der Waals surface area contributed by atoms with Gasteiger partial charge in [0.2, 0.25) is 11.8 Å². The number of hydrogen-bond acceptors (Lipinski definition) is 6. The van der Waals surface area contributed by atoms with Gasteiger partial charge in [0.1, 0.15) is 5.82 Å². The first-order valence-corrected chi connectivity index (χ1v) is 11.1. The summed E-state index contributed by atoms with van der Waals surface area (Å²) in [6.07, 6.45) is 2.47. The van der Waals surface area contributed by atoms with Crippen LogP contribution in [-0.4, -0.2) is 32.3 Å². The molecule has 29 heavy (non-hydrogen) atoms. The fourth-order valence-electron chi connectivity index (χ4n) is 2.92. The Balaban J connectivity index is 1.44. The molecule has 150 valence electrons. The highest BCUT2D eigenvalue weighted by Crippen LogP contribution is 2.40. The van der Waals surface area contributed by atoms with E-state index in [1.165, 1.54) is 23.1 Å². The maximum Gasteiger partial charge on any atom is 0.235 e. The van der Waals surface area contributed by atoms with Crippen molar-refractivity contribution in [2.45, 2.75) is 36.4 Å². The van der Waals surface area contributed by atoms with E-state index in [2.05, 4.69) is 10.3 Å². The Bertz CT molecular complexity index is 1040. The molecule has 0 atom stereocenters. The van der Waals surface area contributed by atoms with Crippen LogP contribution >= 0.6 is 23.1 Å². The molecule has 1 saturated carbocycles. The summed E-state index contributed by atoms with van der Waals surface area (Å²) in [5.74, 6) is 0.882. The van der Waals surface area contributed by atoms with Crippen LogP contribution in [0.5, 0.6) is 0 Å². The summed E-state index contributed by atoms with van der Waals surface area (Å²) in [7, 11) is 0. The van der Waals surface area contributed by atoms with Crippen molar-refractivity contribution in [3.05, 3.63) is 52.7 Å². The maximum absolute atomic E-state index is 12.6. The lowest BCUT2D eigenvalue weighted by atomic mass is 10.3. The van der Waals surface area contributed by atoms with Crippen molar-refractivity contribution in [2.75, 3.05) is 11.1 Å². The highest BCUT2D eigenvalue weighted by Gasteiger charge is 2.28. The first kappa shape index (κ1) is 19.7. The lowest BCUT2D eigenvalue weighted by Gasteiger charge is -2.08. The third kappa shape index (κ3) is 4.86. The quantitative estimate of drug-likeness (QED) is 0.537. The van der Waals surface area contributed by atoms with Crippen LogP contribution in [-0.2, 0) is 16.0 Å². The van der Waals surface area contributed by atoms with Crippen molar-refractivity contribution < 1.29 is 9.59 Å². The van der Waals surface area contributed by atoms with Crippen LogP contribution in [0.4, 0.5) is 5.82 Å². The normalized spacial score (nSPS) is 13.4. The van der Waals surface area contributed by atoms with Gasteiger partial charge in [0.25, 0.3) is 0 Å². The summed E-state index contributed by atoms with van der Waals surface area (Å²) in [6, 6.07) is 11.7. The highest BCUT2D eigenvalue weighted by atomic mass is 32.2. The molecule has 0 bridgehead atoms. The van der Waals surface area contributed by atoms with E-state index in [9.17, 15) is 9.59 Å². The number of carbonyl (C=O) groups excluding carboxylic acids is 2. The van der Waals surface area contributed by atoms with Gasteiger partial charge in [0.15, 0.2) is 4.34 Å². The Labute approximate surface area is 176 Å². The number of carbonyl (C=O) groups is 2. The maximum atomic E-state index is 12.6. The molecule has 0 radical (unpaired) electrons. The molecule has 2 aromatic heterocycles. The largest absolute Gasteiger partial charge is 0.369 e.